The highest BCUT2D eigenvalue weighted by Crippen LogP contribution is 2.26. The molecule has 0 radical (unpaired) electrons. The third-order valence-electron chi connectivity index (χ3n) is 4.08. The molecule has 0 bridgehead atoms. The summed E-state index contributed by atoms with van der Waals surface area (Å²) in [6, 6.07) is 6.05. The molecule has 0 aliphatic heterocycles. The lowest BCUT2D eigenvalue weighted by Gasteiger charge is -2.13. The number of aromatic nitrogens is 3. The van der Waals surface area contributed by atoms with Gasteiger partial charge in [0.2, 0.25) is 0 Å². The predicted molar refractivity (Wildman–Crippen MR) is 95.8 cm³/mol. The molecule has 25 heavy (non-hydrogen) atoms. The molecule has 0 saturated heterocycles. The van der Waals surface area contributed by atoms with Crippen molar-refractivity contribution in [2.75, 3.05) is 14.1 Å². The Morgan fingerprint density at radius 1 is 1.28 bits per heavy atom. The molecule has 3 rings (SSSR count). The van der Waals surface area contributed by atoms with Crippen LogP contribution in [0.15, 0.2) is 36.7 Å². The normalized spacial score (nSPS) is 11.0. The molecule has 130 valence electrons. The van der Waals surface area contributed by atoms with E-state index in [1.807, 2.05) is 10.9 Å². The minimum absolute atomic E-state index is 0.140. The van der Waals surface area contributed by atoms with Crippen LogP contribution in [0.5, 0.6) is 0 Å². The highest BCUT2D eigenvalue weighted by molar-refractivity contribution is 6.07. The topological polar surface area (TPSA) is 51.0 Å². The van der Waals surface area contributed by atoms with Gasteiger partial charge < -0.3 is 4.90 Å². The maximum absolute atomic E-state index is 13.7. The van der Waals surface area contributed by atoms with Crippen molar-refractivity contribution in [1.29, 1.82) is 0 Å². The smallest absolute Gasteiger partial charge is 0.254 e. The van der Waals surface area contributed by atoms with E-state index in [1.165, 1.54) is 17.0 Å². The number of hydrogen-bond acceptors (Lipinski definition) is 3. The lowest BCUT2D eigenvalue weighted by molar-refractivity contribution is 0.0829. The lowest BCUT2D eigenvalue weighted by atomic mass is 10.0. The van der Waals surface area contributed by atoms with E-state index in [1.54, 1.807) is 32.4 Å². The molecular weight excluding hydrogens is 319 g/mol. The molecule has 2 aromatic heterocycles. The fraction of sp³-hybridized carbons (Fsp3) is 0.316. The Morgan fingerprint density at radius 2 is 2.08 bits per heavy atom. The van der Waals surface area contributed by atoms with Gasteiger partial charge in [-0.05, 0) is 24.6 Å². The maximum atomic E-state index is 13.7. The second kappa shape index (κ2) is 7.01. The van der Waals surface area contributed by atoms with Crippen LogP contribution >= 0.6 is 0 Å². The average Bonchev–Trinajstić information content (AvgIpc) is 3.06. The molecule has 0 atom stereocenters. The first kappa shape index (κ1) is 17.1. The first-order chi connectivity index (χ1) is 12.0. The van der Waals surface area contributed by atoms with Gasteiger partial charge in [-0.2, -0.15) is 5.10 Å². The first-order valence-corrected chi connectivity index (χ1v) is 8.34. The van der Waals surface area contributed by atoms with E-state index >= 15 is 0 Å². The van der Waals surface area contributed by atoms with Crippen LogP contribution in [0.3, 0.4) is 0 Å². The van der Waals surface area contributed by atoms with Gasteiger partial charge in [0.25, 0.3) is 5.91 Å². The van der Waals surface area contributed by atoms with Gasteiger partial charge >= 0.3 is 0 Å². The quantitative estimate of drug-likeness (QED) is 0.711. The van der Waals surface area contributed by atoms with Gasteiger partial charge in [-0.1, -0.05) is 13.3 Å². The number of carbonyl (C=O) groups excluding carboxylic acids is 1. The SMILES string of the molecule is CCCCn1cc(-c2cc(C(=O)N(C)C)c3ccc(F)cc3n2)cn1. The zero-order chi connectivity index (χ0) is 18.0. The molecule has 0 spiro atoms. The summed E-state index contributed by atoms with van der Waals surface area (Å²) in [6.45, 7) is 2.96. The molecule has 0 aliphatic carbocycles. The molecule has 0 N–H and O–H groups in total. The number of carbonyl (C=O) groups is 1. The summed E-state index contributed by atoms with van der Waals surface area (Å²) in [6.07, 6.45) is 5.77. The highest BCUT2D eigenvalue weighted by atomic mass is 19.1. The fourth-order valence-corrected chi connectivity index (χ4v) is 2.71. The third kappa shape index (κ3) is 3.52. The van der Waals surface area contributed by atoms with Crippen molar-refractivity contribution in [3.8, 4) is 11.3 Å². The summed E-state index contributed by atoms with van der Waals surface area (Å²) in [7, 11) is 3.39. The Balaban J connectivity index is 2.12. The van der Waals surface area contributed by atoms with Crippen LogP contribution in [0, 0.1) is 5.82 Å². The van der Waals surface area contributed by atoms with Crippen molar-refractivity contribution in [1.82, 2.24) is 19.7 Å². The number of pyridine rings is 1. The number of hydrogen-bond donors (Lipinski definition) is 0. The van der Waals surface area contributed by atoms with Crippen LogP contribution in [0.2, 0.25) is 0 Å². The molecule has 6 heteroatoms. The van der Waals surface area contributed by atoms with E-state index < -0.39 is 0 Å². The van der Waals surface area contributed by atoms with E-state index in [0.29, 0.717) is 22.2 Å². The predicted octanol–water partition coefficient (Wildman–Crippen LogP) is 3.74. The second-order valence-electron chi connectivity index (χ2n) is 6.26. The Hall–Kier alpha value is -2.76. The van der Waals surface area contributed by atoms with Crippen molar-refractivity contribution in [2.45, 2.75) is 26.3 Å². The molecule has 0 aliphatic rings. The van der Waals surface area contributed by atoms with Gasteiger partial charge in [0.15, 0.2) is 0 Å². The van der Waals surface area contributed by atoms with Gasteiger partial charge in [0.05, 0.1) is 23.0 Å². The summed E-state index contributed by atoms with van der Waals surface area (Å²) >= 11 is 0. The Labute approximate surface area is 146 Å². The molecular formula is C19H21FN4O. The Kier molecular flexibility index (Phi) is 4.79. The molecule has 0 saturated carbocycles. The van der Waals surface area contributed by atoms with Crippen LogP contribution in [-0.2, 0) is 6.54 Å². The average molecular weight is 340 g/mol. The summed E-state index contributed by atoms with van der Waals surface area (Å²) in [5.74, 6) is -0.516. The highest BCUT2D eigenvalue weighted by Gasteiger charge is 2.16. The molecule has 0 unspecified atom stereocenters. The lowest BCUT2D eigenvalue weighted by Crippen LogP contribution is -2.22. The van der Waals surface area contributed by atoms with Crippen molar-refractivity contribution in [3.63, 3.8) is 0 Å². The van der Waals surface area contributed by atoms with E-state index in [0.717, 1.165) is 24.9 Å². The summed E-state index contributed by atoms with van der Waals surface area (Å²) in [5, 5.41) is 4.99. The summed E-state index contributed by atoms with van der Waals surface area (Å²) in [4.78, 5) is 18.6. The summed E-state index contributed by atoms with van der Waals surface area (Å²) < 4.78 is 15.5. The molecule has 5 nitrogen and oxygen atoms in total. The first-order valence-electron chi connectivity index (χ1n) is 8.34. The number of amides is 1. The molecule has 1 aromatic carbocycles. The zero-order valence-corrected chi connectivity index (χ0v) is 14.7. The van der Waals surface area contributed by atoms with E-state index in [4.69, 9.17) is 0 Å². The van der Waals surface area contributed by atoms with Crippen molar-refractivity contribution < 1.29 is 9.18 Å². The zero-order valence-electron chi connectivity index (χ0n) is 14.7. The fourth-order valence-electron chi connectivity index (χ4n) is 2.71. The molecule has 3 aromatic rings. The molecule has 0 fully saturated rings. The summed E-state index contributed by atoms with van der Waals surface area (Å²) in [5.41, 5.74) is 2.40. The van der Waals surface area contributed by atoms with Gasteiger partial charge in [0.1, 0.15) is 5.82 Å². The number of halogens is 1. The minimum atomic E-state index is -0.376. The van der Waals surface area contributed by atoms with Gasteiger partial charge in [-0.3, -0.25) is 9.48 Å². The monoisotopic (exact) mass is 340 g/mol. The van der Waals surface area contributed by atoms with E-state index in [2.05, 4.69) is 17.0 Å². The Bertz CT molecular complexity index is 917. The van der Waals surface area contributed by atoms with Crippen LogP contribution in [-0.4, -0.2) is 39.7 Å². The third-order valence-corrected chi connectivity index (χ3v) is 4.08. The van der Waals surface area contributed by atoms with Crippen molar-refractivity contribution in [3.05, 3.63) is 48.0 Å². The molecule has 2 heterocycles. The number of nitrogens with zero attached hydrogens (tertiary/aromatic N) is 4. The van der Waals surface area contributed by atoms with Crippen LogP contribution in [0.25, 0.3) is 22.2 Å². The van der Waals surface area contributed by atoms with Gasteiger partial charge in [-0.25, -0.2) is 9.37 Å². The second-order valence-corrected chi connectivity index (χ2v) is 6.26. The number of rotatable bonds is 5. The van der Waals surface area contributed by atoms with E-state index in [-0.39, 0.29) is 11.7 Å². The van der Waals surface area contributed by atoms with Crippen molar-refractivity contribution >= 4 is 16.8 Å². The largest absolute Gasteiger partial charge is 0.345 e. The number of benzene rings is 1. The van der Waals surface area contributed by atoms with Crippen molar-refractivity contribution in [2.24, 2.45) is 0 Å². The van der Waals surface area contributed by atoms with Gasteiger partial charge in [0, 0.05) is 43.9 Å². The van der Waals surface area contributed by atoms with Gasteiger partial charge in [-0.15, -0.1) is 0 Å². The standard InChI is InChI=1S/C19H21FN4O/c1-4-5-8-24-12-13(11-21-24)17-10-16(19(25)23(2)3)15-7-6-14(20)9-18(15)22-17/h6-7,9-12H,4-5,8H2,1-3H3. The number of unbranched alkanes of at least 4 members (excludes halogenated alkanes) is 1. The van der Waals surface area contributed by atoms with Crippen LogP contribution < -0.4 is 0 Å². The number of fused-ring (bicyclic) bond motifs is 1. The minimum Gasteiger partial charge on any atom is -0.345 e. The maximum Gasteiger partial charge on any atom is 0.254 e. The van der Waals surface area contributed by atoms with Crippen LogP contribution in [0.1, 0.15) is 30.1 Å². The molecule has 1 amide bonds. The number of aryl methyl sites for hydroxylation is 1. The Morgan fingerprint density at radius 3 is 2.80 bits per heavy atom. The van der Waals surface area contributed by atoms with E-state index in [9.17, 15) is 9.18 Å². The van der Waals surface area contributed by atoms with Crippen LogP contribution in [0.4, 0.5) is 4.39 Å².